The summed E-state index contributed by atoms with van der Waals surface area (Å²) in [7, 11) is 0. The zero-order valence-electron chi connectivity index (χ0n) is 8.83. The zero-order valence-corrected chi connectivity index (χ0v) is 10.5. The van der Waals surface area contributed by atoms with Crippen LogP contribution in [0.2, 0.25) is 0 Å². The second-order valence-electron chi connectivity index (χ2n) is 3.10. The molecule has 0 aromatic heterocycles. The first-order chi connectivity index (χ1) is 6.74. The normalized spacial score (nSPS) is 15.1. The quantitative estimate of drug-likeness (QED) is 0.538. The molecule has 0 N–H and O–H groups in total. The predicted molar refractivity (Wildman–Crippen MR) is 63.4 cm³/mol. The second-order valence-corrected chi connectivity index (χ2v) is 5.00. The van der Waals surface area contributed by atoms with Crippen LogP contribution in [0.15, 0.2) is 9.81 Å². The van der Waals surface area contributed by atoms with Crippen LogP contribution in [0.25, 0.3) is 0 Å². The van der Waals surface area contributed by atoms with Crippen LogP contribution in [0.4, 0.5) is 0 Å². The molecule has 0 heterocycles. The summed E-state index contributed by atoms with van der Waals surface area (Å²) in [6.07, 6.45) is 6.29. The summed E-state index contributed by atoms with van der Waals surface area (Å²) in [5, 5.41) is 0. The number of rotatable bonds is 5. The van der Waals surface area contributed by atoms with Crippen LogP contribution in [0.1, 0.15) is 19.8 Å². The maximum absolute atomic E-state index is 11.7. The number of thioether (sulfide) groups is 2. The van der Waals surface area contributed by atoms with Gasteiger partial charge >= 0.3 is 5.97 Å². The van der Waals surface area contributed by atoms with Crippen LogP contribution in [-0.4, -0.2) is 25.1 Å². The van der Waals surface area contributed by atoms with Gasteiger partial charge in [0.1, 0.15) is 0 Å². The Bertz CT molecular complexity index is 239. The molecular formula is C10H16O2S2. The number of hydrogen-bond donors (Lipinski definition) is 0. The first kappa shape index (κ1) is 12.0. The van der Waals surface area contributed by atoms with Gasteiger partial charge in [0.05, 0.1) is 16.4 Å². The van der Waals surface area contributed by atoms with E-state index in [2.05, 4.69) is 0 Å². The van der Waals surface area contributed by atoms with E-state index in [0.29, 0.717) is 12.5 Å². The summed E-state index contributed by atoms with van der Waals surface area (Å²) in [4.78, 5) is 11.7. The van der Waals surface area contributed by atoms with E-state index in [1.165, 1.54) is 0 Å². The van der Waals surface area contributed by atoms with Gasteiger partial charge in [-0.15, -0.1) is 23.5 Å². The van der Waals surface area contributed by atoms with Gasteiger partial charge in [-0.25, -0.2) is 4.79 Å². The third-order valence-corrected chi connectivity index (χ3v) is 4.25. The highest BCUT2D eigenvalue weighted by Crippen LogP contribution is 2.43. The van der Waals surface area contributed by atoms with Gasteiger partial charge in [-0.2, -0.15) is 0 Å². The lowest BCUT2D eigenvalue weighted by Gasteiger charge is -2.09. The molecule has 0 radical (unpaired) electrons. The topological polar surface area (TPSA) is 26.3 Å². The van der Waals surface area contributed by atoms with Crippen LogP contribution >= 0.6 is 23.5 Å². The molecule has 1 aliphatic carbocycles. The molecule has 0 saturated heterocycles. The largest absolute Gasteiger partial charge is 0.463 e. The highest BCUT2D eigenvalue weighted by molar-refractivity contribution is 8.21. The molecule has 0 aromatic carbocycles. The van der Waals surface area contributed by atoms with Crippen LogP contribution in [-0.2, 0) is 9.53 Å². The zero-order chi connectivity index (χ0) is 10.6. The van der Waals surface area contributed by atoms with Gasteiger partial charge in [0.15, 0.2) is 0 Å². The monoisotopic (exact) mass is 232 g/mol. The molecule has 0 spiro atoms. The molecule has 1 aliphatic rings. The maximum atomic E-state index is 11.7. The summed E-state index contributed by atoms with van der Waals surface area (Å²) in [6, 6.07) is 0. The van der Waals surface area contributed by atoms with Crippen molar-refractivity contribution in [1.82, 2.24) is 0 Å². The molecule has 0 aromatic rings. The molecule has 14 heavy (non-hydrogen) atoms. The van der Waals surface area contributed by atoms with Crippen molar-refractivity contribution in [3.8, 4) is 0 Å². The summed E-state index contributed by atoms with van der Waals surface area (Å²) in [6.45, 7) is 2.31. The molecule has 2 nitrogen and oxygen atoms in total. The highest BCUT2D eigenvalue weighted by atomic mass is 32.2. The van der Waals surface area contributed by atoms with Crippen molar-refractivity contribution in [2.75, 3.05) is 19.1 Å². The Kier molecular flexibility index (Phi) is 4.89. The number of carbonyl (C=O) groups excluding carboxylic acids is 1. The van der Waals surface area contributed by atoms with Crippen molar-refractivity contribution in [2.45, 2.75) is 19.8 Å². The fourth-order valence-corrected chi connectivity index (χ4v) is 2.91. The minimum absolute atomic E-state index is 0.117. The first-order valence-electron chi connectivity index (χ1n) is 4.73. The molecule has 0 aliphatic heterocycles. The van der Waals surface area contributed by atoms with E-state index < -0.39 is 0 Å². The standard InChI is InChI=1S/C10H16O2S2/c1-4-12-9(11)8(7-5-6-7)10(13-2)14-3/h7H,4-6H2,1-3H3. The molecule has 0 unspecified atom stereocenters. The Morgan fingerprint density at radius 1 is 1.36 bits per heavy atom. The van der Waals surface area contributed by atoms with Gasteiger partial charge in [-0.3, -0.25) is 0 Å². The molecular weight excluding hydrogens is 216 g/mol. The summed E-state index contributed by atoms with van der Waals surface area (Å²) in [5.41, 5.74) is 0.909. The van der Waals surface area contributed by atoms with Crippen LogP contribution in [0.5, 0.6) is 0 Å². The lowest BCUT2D eigenvalue weighted by atomic mass is 10.2. The Labute approximate surface area is 93.8 Å². The van der Waals surface area contributed by atoms with E-state index in [0.717, 1.165) is 22.7 Å². The van der Waals surface area contributed by atoms with Gasteiger partial charge in [0.25, 0.3) is 0 Å². The fraction of sp³-hybridized carbons (Fsp3) is 0.700. The van der Waals surface area contributed by atoms with E-state index in [4.69, 9.17) is 4.74 Å². The van der Waals surface area contributed by atoms with E-state index >= 15 is 0 Å². The molecule has 0 atom stereocenters. The van der Waals surface area contributed by atoms with Gasteiger partial charge in [-0.05, 0) is 38.2 Å². The van der Waals surface area contributed by atoms with Crippen molar-refractivity contribution in [3.63, 3.8) is 0 Å². The average molecular weight is 232 g/mol. The molecule has 1 rings (SSSR count). The van der Waals surface area contributed by atoms with Gasteiger partial charge < -0.3 is 4.74 Å². The molecule has 80 valence electrons. The van der Waals surface area contributed by atoms with Crippen molar-refractivity contribution in [3.05, 3.63) is 9.81 Å². The lowest BCUT2D eigenvalue weighted by Crippen LogP contribution is -2.10. The highest BCUT2D eigenvalue weighted by Gasteiger charge is 2.33. The summed E-state index contributed by atoms with van der Waals surface area (Å²) in [5.74, 6) is 0.345. The molecule has 0 bridgehead atoms. The van der Waals surface area contributed by atoms with Crippen molar-refractivity contribution in [1.29, 1.82) is 0 Å². The van der Waals surface area contributed by atoms with Gasteiger partial charge in [0.2, 0.25) is 0 Å². The third-order valence-electron chi connectivity index (χ3n) is 2.07. The number of esters is 1. The minimum Gasteiger partial charge on any atom is -0.463 e. The van der Waals surface area contributed by atoms with Gasteiger partial charge in [0, 0.05) is 0 Å². The summed E-state index contributed by atoms with van der Waals surface area (Å²) < 4.78 is 6.18. The smallest absolute Gasteiger partial charge is 0.335 e. The van der Waals surface area contributed by atoms with E-state index in [9.17, 15) is 4.79 Å². The van der Waals surface area contributed by atoms with Crippen molar-refractivity contribution >= 4 is 29.5 Å². The second kappa shape index (κ2) is 5.71. The molecule has 1 saturated carbocycles. The minimum atomic E-state index is -0.117. The SMILES string of the molecule is CCOC(=O)C(=C(SC)SC)C1CC1. The Morgan fingerprint density at radius 3 is 2.29 bits per heavy atom. The Hall–Kier alpha value is -0.0900. The van der Waals surface area contributed by atoms with Crippen molar-refractivity contribution < 1.29 is 9.53 Å². The Morgan fingerprint density at radius 2 is 1.93 bits per heavy atom. The molecule has 4 heteroatoms. The third kappa shape index (κ3) is 2.95. The van der Waals surface area contributed by atoms with E-state index in [-0.39, 0.29) is 5.97 Å². The first-order valence-corrected chi connectivity index (χ1v) is 7.18. The number of ether oxygens (including phenoxy) is 1. The fourth-order valence-electron chi connectivity index (χ4n) is 1.30. The van der Waals surface area contributed by atoms with Crippen LogP contribution < -0.4 is 0 Å². The van der Waals surface area contributed by atoms with Crippen LogP contribution in [0.3, 0.4) is 0 Å². The van der Waals surface area contributed by atoms with Gasteiger partial charge in [-0.1, -0.05) is 0 Å². The maximum Gasteiger partial charge on any atom is 0.335 e. The van der Waals surface area contributed by atoms with Crippen LogP contribution in [0, 0.1) is 5.92 Å². The molecule has 0 amide bonds. The predicted octanol–water partition coefficient (Wildman–Crippen LogP) is 2.90. The lowest BCUT2D eigenvalue weighted by molar-refractivity contribution is -0.138. The summed E-state index contributed by atoms with van der Waals surface area (Å²) >= 11 is 3.28. The average Bonchev–Trinajstić information content (AvgIpc) is 2.97. The Balaban J connectivity index is 2.81. The van der Waals surface area contributed by atoms with E-state index in [1.54, 1.807) is 23.5 Å². The van der Waals surface area contributed by atoms with E-state index in [1.807, 2.05) is 19.4 Å². The van der Waals surface area contributed by atoms with Crippen molar-refractivity contribution in [2.24, 2.45) is 5.92 Å². The number of carbonyl (C=O) groups is 1. The number of hydrogen-bond acceptors (Lipinski definition) is 4. The molecule has 1 fully saturated rings.